The molecule has 20 heavy (non-hydrogen) atoms. The van der Waals surface area contributed by atoms with Crippen molar-refractivity contribution in [2.45, 2.75) is 24.8 Å². The molecule has 0 radical (unpaired) electrons. The molecule has 0 aliphatic heterocycles. The van der Waals surface area contributed by atoms with Crippen LogP contribution in [-0.2, 0) is 5.75 Å². The summed E-state index contributed by atoms with van der Waals surface area (Å²) in [6.07, 6.45) is 1.62. The topological polar surface area (TPSA) is 52.1 Å². The Labute approximate surface area is 121 Å². The van der Waals surface area contributed by atoms with Crippen molar-refractivity contribution >= 4 is 11.8 Å². The number of thioether (sulfide) groups is 1. The van der Waals surface area contributed by atoms with Crippen LogP contribution in [0, 0.1) is 13.8 Å². The smallest absolute Gasteiger partial charge is 0.277 e. The second-order valence-corrected chi connectivity index (χ2v) is 5.41. The fourth-order valence-electron chi connectivity index (χ4n) is 1.90. The van der Waals surface area contributed by atoms with Crippen molar-refractivity contribution in [3.8, 4) is 11.5 Å². The fraction of sp³-hybridized carbons (Fsp3) is 0.200. The minimum absolute atomic E-state index is 0.503. The summed E-state index contributed by atoms with van der Waals surface area (Å²) in [6.45, 7) is 3.98. The molecule has 0 spiro atoms. The Bertz CT molecular complexity index is 718. The van der Waals surface area contributed by atoms with Gasteiger partial charge in [-0.2, -0.15) is 0 Å². The van der Waals surface area contributed by atoms with E-state index in [0.29, 0.717) is 11.1 Å². The summed E-state index contributed by atoms with van der Waals surface area (Å²) in [5.74, 6) is 2.10. The van der Waals surface area contributed by atoms with E-state index < -0.39 is 0 Å². The number of hydrogen-bond acceptors (Lipinski definition) is 5. The molecule has 0 amide bonds. The van der Waals surface area contributed by atoms with Crippen LogP contribution in [-0.4, -0.2) is 10.2 Å². The van der Waals surface area contributed by atoms with E-state index in [9.17, 15) is 0 Å². The Morgan fingerprint density at radius 2 is 1.95 bits per heavy atom. The van der Waals surface area contributed by atoms with Gasteiger partial charge in [-0.25, -0.2) is 0 Å². The molecule has 102 valence electrons. The molecule has 0 saturated heterocycles. The molecule has 0 atom stereocenters. The molecule has 0 fully saturated rings. The van der Waals surface area contributed by atoms with Crippen LogP contribution < -0.4 is 0 Å². The van der Waals surface area contributed by atoms with Crippen LogP contribution in [0.1, 0.15) is 16.9 Å². The van der Waals surface area contributed by atoms with Crippen molar-refractivity contribution in [1.82, 2.24) is 10.2 Å². The van der Waals surface area contributed by atoms with E-state index in [0.717, 1.165) is 17.1 Å². The lowest BCUT2D eigenvalue weighted by molar-refractivity contribution is 0.463. The average molecular weight is 286 g/mol. The second kappa shape index (κ2) is 5.54. The van der Waals surface area contributed by atoms with Gasteiger partial charge in [0.1, 0.15) is 5.76 Å². The van der Waals surface area contributed by atoms with Crippen molar-refractivity contribution in [3.05, 3.63) is 53.5 Å². The van der Waals surface area contributed by atoms with Crippen LogP contribution in [0.15, 0.2) is 50.7 Å². The second-order valence-electron chi connectivity index (χ2n) is 4.48. The molecule has 5 heteroatoms. The molecular formula is C15H14N2O2S. The summed E-state index contributed by atoms with van der Waals surface area (Å²) in [5.41, 5.74) is 3.39. The maximum absolute atomic E-state index is 5.65. The molecule has 0 unspecified atom stereocenters. The minimum Gasteiger partial charge on any atom is -0.469 e. The maximum atomic E-state index is 5.65. The third-order valence-electron chi connectivity index (χ3n) is 3.11. The zero-order valence-electron chi connectivity index (χ0n) is 11.3. The van der Waals surface area contributed by atoms with Gasteiger partial charge in [-0.1, -0.05) is 36.0 Å². The molecule has 3 rings (SSSR count). The molecule has 0 bridgehead atoms. The van der Waals surface area contributed by atoms with Gasteiger partial charge in [0, 0.05) is 5.75 Å². The van der Waals surface area contributed by atoms with Crippen molar-refractivity contribution in [1.29, 1.82) is 0 Å². The lowest BCUT2D eigenvalue weighted by Gasteiger charge is -2.02. The Hall–Kier alpha value is -2.01. The summed E-state index contributed by atoms with van der Waals surface area (Å²) in [5, 5.41) is 8.69. The average Bonchev–Trinajstić information content (AvgIpc) is 3.06. The highest BCUT2D eigenvalue weighted by Crippen LogP contribution is 2.28. The maximum Gasteiger partial charge on any atom is 0.277 e. The van der Waals surface area contributed by atoms with Gasteiger partial charge in [-0.15, -0.1) is 10.2 Å². The summed E-state index contributed by atoms with van der Waals surface area (Å²) in [4.78, 5) is 0. The lowest BCUT2D eigenvalue weighted by atomic mass is 10.1. The van der Waals surface area contributed by atoms with E-state index in [-0.39, 0.29) is 0 Å². The summed E-state index contributed by atoms with van der Waals surface area (Å²) >= 11 is 1.54. The van der Waals surface area contributed by atoms with Crippen molar-refractivity contribution in [2.24, 2.45) is 0 Å². The first kappa shape index (κ1) is 13.0. The molecule has 3 aromatic rings. The molecule has 0 saturated carbocycles. The number of nitrogens with zero attached hydrogens (tertiary/aromatic N) is 2. The molecule has 1 aromatic carbocycles. The Balaban J connectivity index is 1.72. The van der Waals surface area contributed by atoms with E-state index in [1.54, 1.807) is 18.0 Å². The summed E-state index contributed by atoms with van der Waals surface area (Å²) in [7, 11) is 0. The molecule has 2 heterocycles. The van der Waals surface area contributed by atoms with E-state index in [2.05, 4.69) is 29.3 Å². The van der Waals surface area contributed by atoms with Crippen LogP contribution in [0.5, 0.6) is 0 Å². The molecule has 4 nitrogen and oxygen atoms in total. The standard InChI is InChI=1S/C15H14N2O2S/c1-10-5-3-4-6-12(10)9-20-15-17-16-14(19-15)13-7-8-18-11(13)2/h3-8H,9H2,1-2H3. The van der Waals surface area contributed by atoms with Gasteiger partial charge < -0.3 is 8.83 Å². The van der Waals surface area contributed by atoms with Gasteiger partial charge in [0.15, 0.2) is 0 Å². The van der Waals surface area contributed by atoms with Crippen molar-refractivity contribution in [2.75, 3.05) is 0 Å². The highest BCUT2D eigenvalue weighted by Gasteiger charge is 2.13. The summed E-state index contributed by atoms with van der Waals surface area (Å²) < 4.78 is 10.9. The van der Waals surface area contributed by atoms with Crippen LogP contribution in [0.2, 0.25) is 0 Å². The fourth-order valence-corrected chi connectivity index (χ4v) is 2.73. The quantitative estimate of drug-likeness (QED) is 0.671. The number of rotatable bonds is 4. The number of benzene rings is 1. The van der Waals surface area contributed by atoms with Gasteiger partial charge >= 0.3 is 0 Å². The normalized spacial score (nSPS) is 10.9. The van der Waals surface area contributed by atoms with Crippen molar-refractivity contribution < 1.29 is 8.83 Å². The van der Waals surface area contributed by atoms with Gasteiger partial charge in [0.2, 0.25) is 0 Å². The van der Waals surface area contributed by atoms with Gasteiger partial charge in [-0.3, -0.25) is 0 Å². The van der Waals surface area contributed by atoms with Crippen LogP contribution in [0.25, 0.3) is 11.5 Å². The minimum atomic E-state index is 0.503. The Kier molecular flexibility index (Phi) is 3.60. The highest BCUT2D eigenvalue weighted by molar-refractivity contribution is 7.98. The number of furan rings is 1. The third-order valence-corrected chi connectivity index (χ3v) is 3.98. The lowest BCUT2D eigenvalue weighted by Crippen LogP contribution is -1.85. The highest BCUT2D eigenvalue weighted by atomic mass is 32.2. The van der Waals surface area contributed by atoms with Gasteiger partial charge in [0.25, 0.3) is 11.1 Å². The number of aryl methyl sites for hydroxylation is 2. The predicted molar refractivity (Wildman–Crippen MR) is 77.5 cm³/mol. The Morgan fingerprint density at radius 3 is 2.70 bits per heavy atom. The van der Waals surface area contributed by atoms with Crippen LogP contribution in [0.3, 0.4) is 0 Å². The zero-order chi connectivity index (χ0) is 13.9. The van der Waals surface area contributed by atoms with Crippen LogP contribution in [0.4, 0.5) is 0 Å². The van der Waals surface area contributed by atoms with E-state index in [1.807, 2.05) is 25.1 Å². The summed E-state index contributed by atoms with van der Waals surface area (Å²) in [6, 6.07) is 10.1. The first-order chi connectivity index (χ1) is 9.74. The van der Waals surface area contributed by atoms with Gasteiger partial charge in [-0.05, 0) is 31.0 Å². The number of aromatic nitrogens is 2. The Morgan fingerprint density at radius 1 is 1.10 bits per heavy atom. The zero-order valence-corrected chi connectivity index (χ0v) is 12.1. The van der Waals surface area contributed by atoms with Crippen molar-refractivity contribution in [3.63, 3.8) is 0 Å². The van der Waals surface area contributed by atoms with E-state index >= 15 is 0 Å². The number of hydrogen-bond donors (Lipinski definition) is 0. The van der Waals surface area contributed by atoms with Crippen LogP contribution >= 0.6 is 11.8 Å². The van der Waals surface area contributed by atoms with E-state index in [4.69, 9.17) is 8.83 Å². The third kappa shape index (κ3) is 2.63. The van der Waals surface area contributed by atoms with E-state index in [1.165, 1.54) is 11.1 Å². The molecule has 0 N–H and O–H groups in total. The predicted octanol–water partition coefficient (Wildman–Crippen LogP) is 4.24. The molecule has 0 aliphatic carbocycles. The van der Waals surface area contributed by atoms with Gasteiger partial charge in [0.05, 0.1) is 11.8 Å². The SMILES string of the molecule is Cc1ccccc1CSc1nnc(-c2ccoc2C)o1. The molecule has 2 aromatic heterocycles. The molecular weight excluding hydrogens is 272 g/mol. The molecule has 0 aliphatic rings. The monoisotopic (exact) mass is 286 g/mol. The first-order valence-electron chi connectivity index (χ1n) is 6.29. The first-order valence-corrected chi connectivity index (χ1v) is 7.28. The largest absolute Gasteiger partial charge is 0.469 e.